The van der Waals surface area contributed by atoms with E-state index in [1.54, 1.807) is 35.4 Å². The van der Waals surface area contributed by atoms with Gasteiger partial charge in [-0.15, -0.1) is 0 Å². The minimum atomic E-state index is -0.103. The topological polar surface area (TPSA) is 50.3 Å². The summed E-state index contributed by atoms with van der Waals surface area (Å²) in [5.74, 6) is 0.313. The normalized spacial score (nSPS) is 14.2. The molecule has 4 nitrogen and oxygen atoms in total. The van der Waals surface area contributed by atoms with Gasteiger partial charge in [-0.3, -0.25) is 14.5 Å². The Hall–Kier alpha value is -2.49. The van der Waals surface area contributed by atoms with Crippen LogP contribution in [0.25, 0.3) is 0 Å². The van der Waals surface area contributed by atoms with Crippen molar-refractivity contribution in [3.63, 3.8) is 0 Å². The molecule has 2 aromatic rings. The van der Waals surface area contributed by atoms with Crippen molar-refractivity contribution in [1.82, 2.24) is 4.98 Å². The Morgan fingerprint density at radius 2 is 1.82 bits per heavy atom. The fourth-order valence-electron chi connectivity index (χ4n) is 2.74. The number of carbonyl (C=O) groups is 2. The lowest BCUT2D eigenvalue weighted by atomic mass is 9.90. The maximum Gasteiger partial charge on any atom is 0.225 e. The number of hydrogen-bond acceptors (Lipinski definition) is 3. The third kappa shape index (κ3) is 2.64. The van der Waals surface area contributed by atoms with E-state index >= 15 is 0 Å². The van der Waals surface area contributed by atoms with Crippen LogP contribution in [0.1, 0.15) is 42.1 Å². The molecular weight excluding hydrogens is 276 g/mol. The van der Waals surface area contributed by atoms with E-state index in [0.717, 1.165) is 19.3 Å². The summed E-state index contributed by atoms with van der Waals surface area (Å²) in [6.07, 6.45) is 4.68. The molecule has 0 aliphatic heterocycles. The van der Waals surface area contributed by atoms with Crippen molar-refractivity contribution in [2.24, 2.45) is 0 Å². The molecule has 1 aliphatic carbocycles. The standard InChI is InChI=1S/C18H18N2O2/c1-13(21)20(15-9-5-10-15)18-16(11-6-12-19-18)17(22)14-7-3-2-4-8-14/h2-4,6-8,11-12,15H,5,9-10H2,1H3. The van der Waals surface area contributed by atoms with E-state index in [1.165, 1.54) is 6.92 Å². The van der Waals surface area contributed by atoms with Gasteiger partial charge in [0, 0.05) is 24.7 Å². The first kappa shape index (κ1) is 14.4. The molecule has 0 spiro atoms. The molecule has 3 rings (SSSR count). The van der Waals surface area contributed by atoms with Crippen LogP contribution in [-0.4, -0.2) is 22.7 Å². The summed E-state index contributed by atoms with van der Waals surface area (Å²) in [5, 5.41) is 0. The smallest absolute Gasteiger partial charge is 0.225 e. The van der Waals surface area contributed by atoms with Crippen LogP contribution in [0.4, 0.5) is 5.82 Å². The molecule has 0 bridgehead atoms. The average Bonchev–Trinajstić information content (AvgIpc) is 2.50. The number of pyridine rings is 1. The Balaban J connectivity index is 2.02. The second-order valence-corrected chi connectivity index (χ2v) is 5.54. The summed E-state index contributed by atoms with van der Waals surface area (Å²) in [6, 6.07) is 12.7. The Morgan fingerprint density at radius 3 is 2.41 bits per heavy atom. The first-order valence-electron chi connectivity index (χ1n) is 7.53. The van der Waals surface area contributed by atoms with Crippen LogP contribution in [0.15, 0.2) is 48.7 Å². The first-order chi connectivity index (χ1) is 10.7. The highest BCUT2D eigenvalue weighted by Gasteiger charge is 2.31. The summed E-state index contributed by atoms with van der Waals surface area (Å²) < 4.78 is 0. The molecule has 0 unspecified atom stereocenters. The Labute approximate surface area is 129 Å². The highest BCUT2D eigenvalue weighted by Crippen LogP contribution is 2.31. The molecular formula is C18H18N2O2. The van der Waals surface area contributed by atoms with Crippen molar-refractivity contribution in [2.45, 2.75) is 32.2 Å². The lowest BCUT2D eigenvalue weighted by Gasteiger charge is -2.36. The number of hydrogen-bond donors (Lipinski definition) is 0. The van der Waals surface area contributed by atoms with E-state index < -0.39 is 0 Å². The molecule has 1 saturated carbocycles. The Morgan fingerprint density at radius 1 is 1.09 bits per heavy atom. The van der Waals surface area contributed by atoms with Gasteiger partial charge in [0.1, 0.15) is 5.82 Å². The third-order valence-electron chi connectivity index (χ3n) is 4.07. The molecule has 1 aromatic heterocycles. The SMILES string of the molecule is CC(=O)N(c1ncccc1C(=O)c1ccccc1)C1CCC1. The summed E-state index contributed by atoms with van der Waals surface area (Å²) in [6.45, 7) is 1.53. The summed E-state index contributed by atoms with van der Waals surface area (Å²) in [4.78, 5) is 30.8. The van der Waals surface area contributed by atoms with Gasteiger partial charge < -0.3 is 0 Å². The molecule has 0 radical (unpaired) electrons. The van der Waals surface area contributed by atoms with Crippen molar-refractivity contribution in [2.75, 3.05) is 4.90 Å². The largest absolute Gasteiger partial charge is 0.293 e. The fraction of sp³-hybridized carbons (Fsp3) is 0.278. The first-order valence-corrected chi connectivity index (χ1v) is 7.53. The molecule has 112 valence electrons. The number of aromatic nitrogens is 1. The molecule has 4 heteroatoms. The molecule has 0 atom stereocenters. The molecule has 1 heterocycles. The summed E-state index contributed by atoms with van der Waals surface area (Å²) in [5.41, 5.74) is 1.09. The second-order valence-electron chi connectivity index (χ2n) is 5.54. The van der Waals surface area contributed by atoms with Crippen LogP contribution in [-0.2, 0) is 4.79 Å². The van der Waals surface area contributed by atoms with Crippen LogP contribution in [0.3, 0.4) is 0 Å². The van der Waals surface area contributed by atoms with Crippen molar-refractivity contribution < 1.29 is 9.59 Å². The molecule has 1 amide bonds. The predicted molar refractivity (Wildman–Crippen MR) is 84.9 cm³/mol. The monoisotopic (exact) mass is 294 g/mol. The second kappa shape index (κ2) is 6.10. The molecule has 1 aliphatic rings. The van der Waals surface area contributed by atoms with E-state index in [2.05, 4.69) is 4.98 Å². The van der Waals surface area contributed by atoms with Crippen LogP contribution >= 0.6 is 0 Å². The quantitative estimate of drug-likeness (QED) is 0.814. The van der Waals surface area contributed by atoms with Gasteiger partial charge in [0.15, 0.2) is 5.78 Å². The van der Waals surface area contributed by atoms with Crippen molar-refractivity contribution >= 4 is 17.5 Å². The van der Waals surface area contributed by atoms with E-state index in [-0.39, 0.29) is 17.7 Å². The van der Waals surface area contributed by atoms with E-state index in [9.17, 15) is 9.59 Å². The molecule has 22 heavy (non-hydrogen) atoms. The van der Waals surface area contributed by atoms with Gasteiger partial charge in [-0.2, -0.15) is 0 Å². The van der Waals surface area contributed by atoms with Gasteiger partial charge in [-0.05, 0) is 31.4 Å². The molecule has 0 N–H and O–H groups in total. The van der Waals surface area contributed by atoms with Crippen LogP contribution in [0, 0.1) is 0 Å². The number of ketones is 1. The van der Waals surface area contributed by atoms with Gasteiger partial charge in [0.25, 0.3) is 0 Å². The fourth-order valence-corrected chi connectivity index (χ4v) is 2.74. The van der Waals surface area contributed by atoms with Gasteiger partial charge in [-0.1, -0.05) is 30.3 Å². The highest BCUT2D eigenvalue weighted by atomic mass is 16.2. The van der Waals surface area contributed by atoms with Gasteiger partial charge in [-0.25, -0.2) is 4.98 Å². The van der Waals surface area contributed by atoms with Crippen molar-refractivity contribution in [3.8, 4) is 0 Å². The number of anilines is 1. The van der Waals surface area contributed by atoms with Gasteiger partial charge in [0.2, 0.25) is 5.91 Å². The molecule has 1 fully saturated rings. The van der Waals surface area contributed by atoms with Crippen LogP contribution in [0.2, 0.25) is 0 Å². The predicted octanol–water partition coefficient (Wildman–Crippen LogP) is 3.22. The zero-order chi connectivity index (χ0) is 15.5. The Kier molecular flexibility index (Phi) is 4.00. The molecule has 0 saturated heterocycles. The minimum absolute atomic E-state index is 0.0643. The van der Waals surface area contributed by atoms with Crippen molar-refractivity contribution in [3.05, 3.63) is 59.8 Å². The zero-order valence-corrected chi connectivity index (χ0v) is 12.5. The number of benzene rings is 1. The van der Waals surface area contributed by atoms with Crippen LogP contribution < -0.4 is 4.90 Å². The maximum atomic E-state index is 12.7. The lowest BCUT2D eigenvalue weighted by molar-refractivity contribution is -0.117. The van der Waals surface area contributed by atoms with Crippen molar-refractivity contribution in [1.29, 1.82) is 0 Å². The number of amides is 1. The Bertz CT molecular complexity index is 693. The van der Waals surface area contributed by atoms with Gasteiger partial charge in [0.05, 0.1) is 5.56 Å². The number of nitrogens with zero attached hydrogens (tertiary/aromatic N) is 2. The molecule has 1 aromatic carbocycles. The van der Waals surface area contributed by atoms with E-state index in [0.29, 0.717) is 16.9 Å². The van der Waals surface area contributed by atoms with E-state index in [4.69, 9.17) is 0 Å². The number of carbonyl (C=O) groups excluding carboxylic acids is 2. The average molecular weight is 294 g/mol. The minimum Gasteiger partial charge on any atom is -0.293 e. The summed E-state index contributed by atoms with van der Waals surface area (Å²) in [7, 11) is 0. The van der Waals surface area contributed by atoms with E-state index in [1.807, 2.05) is 18.2 Å². The highest BCUT2D eigenvalue weighted by molar-refractivity contribution is 6.13. The summed E-state index contributed by atoms with van der Waals surface area (Å²) >= 11 is 0. The lowest BCUT2D eigenvalue weighted by Crippen LogP contribution is -2.44. The zero-order valence-electron chi connectivity index (χ0n) is 12.5. The van der Waals surface area contributed by atoms with Gasteiger partial charge >= 0.3 is 0 Å². The number of rotatable bonds is 4. The maximum absolute atomic E-state index is 12.7. The third-order valence-corrected chi connectivity index (χ3v) is 4.07. The van der Waals surface area contributed by atoms with Crippen LogP contribution in [0.5, 0.6) is 0 Å².